The summed E-state index contributed by atoms with van der Waals surface area (Å²) in [5.74, 6) is 0. The van der Waals surface area contributed by atoms with Crippen LogP contribution in [0.5, 0.6) is 0 Å². The second kappa shape index (κ2) is 18.5. The highest BCUT2D eigenvalue weighted by molar-refractivity contribution is 4.96. The van der Waals surface area contributed by atoms with Gasteiger partial charge in [0.2, 0.25) is 0 Å². The predicted octanol–water partition coefficient (Wildman–Crippen LogP) is -10.3. The third kappa shape index (κ3) is 9.11. The number of aliphatic hydroxyl groups excluding tert-OH is 14. The zero-order valence-corrected chi connectivity index (χ0v) is 28.9. The van der Waals surface area contributed by atoms with Gasteiger partial charge in [-0.15, -0.1) is 0 Å². The van der Waals surface area contributed by atoms with Gasteiger partial charge in [-0.25, -0.2) is 0 Å². The summed E-state index contributed by atoms with van der Waals surface area (Å²) < 4.78 is 62.2. The monoisotopic (exact) mass is 810 g/mol. The first-order valence-corrected chi connectivity index (χ1v) is 17.6. The fourth-order valence-electron chi connectivity index (χ4n) is 6.87. The fourth-order valence-corrected chi connectivity index (χ4v) is 6.87. The van der Waals surface area contributed by atoms with Crippen LogP contribution in [0.4, 0.5) is 0 Å². The zero-order valence-electron chi connectivity index (χ0n) is 28.9. The molecule has 55 heavy (non-hydrogen) atoms. The Morgan fingerprint density at radius 1 is 0.364 bits per heavy atom. The van der Waals surface area contributed by atoms with Crippen molar-refractivity contribution in [2.45, 2.75) is 148 Å². The van der Waals surface area contributed by atoms with Crippen LogP contribution in [0.15, 0.2) is 0 Å². The lowest BCUT2D eigenvalue weighted by Gasteiger charge is -2.47. The molecule has 0 amide bonds. The minimum atomic E-state index is -1.88. The second-order valence-corrected chi connectivity index (χ2v) is 14.0. The lowest BCUT2D eigenvalue weighted by Crippen LogP contribution is -2.64. The number of aliphatic hydroxyl groups is 14. The first-order chi connectivity index (χ1) is 26.1. The van der Waals surface area contributed by atoms with Crippen molar-refractivity contribution < 1.29 is 124 Å². The van der Waals surface area contributed by atoms with Gasteiger partial charge in [-0.2, -0.15) is 0 Å². The first kappa shape index (κ1) is 43.6. The Morgan fingerprint density at radius 2 is 0.782 bits per heavy atom. The Balaban J connectivity index is 1.24. The molecule has 0 bridgehead atoms. The van der Waals surface area contributed by atoms with E-state index < -0.39 is 187 Å². The van der Waals surface area contributed by atoms with Crippen molar-refractivity contribution in [1.82, 2.24) is 0 Å². The molecule has 320 valence electrons. The van der Waals surface area contributed by atoms with Gasteiger partial charge in [-0.1, -0.05) is 0 Å². The number of rotatable bonds is 12. The van der Waals surface area contributed by atoms with Crippen LogP contribution in [0.1, 0.15) is 0 Å². The van der Waals surface area contributed by atoms with E-state index in [0.29, 0.717) is 0 Å². The fraction of sp³-hybridized carbons (Fsp3) is 1.00. The number of hydrogen-bond acceptors (Lipinski definition) is 25. The maximum absolute atomic E-state index is 11.1. The Labute approximate surface area is 311 Å². The average molecular weight is 811 g/mol. The first-order valence-electron chi connectivity index (χ1n) is 17.6. The van der Waals surface area contributed by atoms with E-state index in [1.165, 1.54) is 0 Å². The molecule has 0 aliphatic carbocycles. The summed E-state index contributed by atoms with van der Waals surface area (Å²) in [6.45, 7) is -3.50. The van der Waals surface area contributed by atoms with Gasteiger partial charge in [-0.05, 0) is 0 Å². The van der Waals surface area contributed by atoms with Crippen LogP contribution in [-0.4, -0.2) is 259 Å². The minimum Gasteiger partial charge on any atom is -0.394 e. The summed E-state index contributed by atoms with van der Waals surface area (Å²) in [4.78, 5) is 0. The second-order valence-electron chi connectivity index (χ2n) is 14.0. The summed E-state index contributed by atoms with van der Waals surface area (Å²) in [6, 6.07) is 0. The van der Waals surface area contributed by atoms with Crippen LogP contribution >= 0.6 is 0 Å². The lowest BCUT2D eigenvalue weighted by molar-refractivity contribution is -0.382. The van der Waals surface area contributed by atoms with Crippen molar-refractivity contribution in [2.75, 3.05) is 39.6 Å². The molecule has 24 atom stereocenters. The maximum atomic E-state index is 11.1. The molecule has 25 heteroatoms. The van der Waals surface area contributed by atoms with E-state index in [0.717, 1.165) is 0 Å². The molecule has 0 aromatic rings. The van der Waals surface area contributed by atoms with Crippen molar-refractivity contribution in [3.05, 3.63) is 0 Å². The van der Waals surface area contributed by atoms with Gasteiger partial charge in [0.05, 0.1) is 39.6 Å². The number of hydrogen-bond donors (Lipinski definition) is 14. The van der Waals surface area contributed by atoms with Crippen molar-refractivity contribution in [1.29, 1.82) is 0 Å². The van der Waals surface area contributed by atoms with Gasteiger partial charge in [0.1, 0.15) is 110 Å². The van der Waals surface area contributed by atoms with Crippen LogP contribution in [0, 0.1) is 0 Å². The molecule has 25 nitrogen and oxygen atoms in total. The maximum Gasteiger partial charge on any atom is 0.187 e. The normalized spacial score (nSPS) is 53.8. The van der Waals surface area contributed by atoms with E-state index in [1.54, 1.807) is 0 Å². The highest BCUT2D eigenvalue weighted by Gasteiger charge is 2.56. The highest BCUT2D eigenvalue weighted by atomic mass is 16.8. The molecule has 6 heterocycles. The Bertz CT molecular complexity index is 1210. The van der Waals surface area contributed by atoms with Crippen LogP contribution < -0.4 is 0 Å². The van der Waals surface area contributed by atoms with Crippen LogP contribution in [0.3, 0.4) is 0 Å². The molecule has 0 aromatic carbocycles. The van der Waals surface area contributed by atoms with Gasteiger partial charge >= 0.3 is 0 Å². The molecule has 6 aliphatic rings. The third-order valence-electron chi connectivity index (χ3n) is 10.2. The minimum absolute atomic E-state index is 0.416. The van der Waals surface area contributed by atoms with Crippen molar-refractivity contribution in [3.63, 3.8) is 0 Å². The summed E-state index contributed by atoms with van der Waals surface area (Å²) in [6.07, 6.45) is -39.6. The smallest absolute Gasteiger partial charge is 0.187 e. The van der Waals surface area contributed by atoms with Crippen LogP contribution in [0.25, 0.3) is 0 Å². The number of ether oxygens (including phenoxy) is 11. The van der Waals surface area contributed by atoms with Crippen molar-refractivity contribution in [3.8, 4) is 0 Å². The largest absolute Gasteiger partial charge is 0.394 e. The van der Waals surface area contributed by atoms with Gasteiger partial charge in [0.25, 0.3) is 0 Å². The molecular formula is C30H50O25. The third-order valence-corrected chi connectivity index (χ3v) is 10.2. The van der Waals surface area contributed by atoms with E-state index in [9.17, 15) is 71.5 Å². The highest BCUT2D eigenvalue weighted by Crippen LogP contribution is 2.36. The average Bonchev–Trinajstić information content (AvgIpc) is 3.61. The predicted molar refractivity (Wildman–Crippen MR) is 163 cm³/mol. The topological polar surface area (TPSA) is 385 Å². The van der Waals surface area contributed by atoms with Gasteiger partial charge in [-0.3, -0.25) is 0 Å². The molecular weight excluding hydrogens is 760 g/mol. The van der Waals surface area contributed by atoms with Crippen molar-refractivity contribution >= 4 is 0 Å². The molecule has 0 spiro atoms. The molecule has 6 rings (SSSR count). The summed E-state index contributed by atoms with van der Waals surface area (Å²) in [7, 11) is 0. The summed E-state index contributed by atoms with van der Waals surface area (Å²) in [5.41, 5.74) is 0. The van der Waals surface area contributed by atoms with Gasteiger partial charge in [0, 0.05) is 0 Å². The molecule has 0 unspecified atom stereocenters. The molecule has 0 saturated carbocycles. The molecule has 0 radical (unpaired) electrons. The molecule has 6 fully saturated rings. The summed E-state index contributed by atoms with van der Waals surface area (Å²) in [5, 5.41) is 144. The van der Waals surface area contributed by atoms with Crippen LogP contribution in [0.2, 0.25) is 0 Å². The SMILES string of the molecule is OC[C@H]1O[C@H](O[C@@H]2[C@@H](O[C@H]3O[C@H](CO)[C@@H](O)[C@@H]3O)[C@H](O[C@@H]3CO[C@@H](O[C@@H]4CO[C@@H](O)[C@H](O)[C@H]4O)[C@H](O)[C@H]3O)OC[C@H]2O[C@@H]2OC[C@@H](O)[C@H](O)[C@H]2O)[C@@H](O)[C@@H]1O. The Kier molecular flexibility index (Phi) is 14.7. The quantitative estimate of drug-likeness (QED) is 0.0870. The summed E-state index contributed by atoms with van der Waals surface area (Å²) >= 11 is 0. The van der Waals surface area contributed by atoms with Crippen molar-refractivity contribution in [2.24, 2.45) is 0 Å². The molecule has 14 N–H and O–H groups in total. The molecule has 6 saturated heterocycles. The Hall–Kier alpha value is -1.00. The Morgan fingerprint density at radius 3 is 1.35 bits per heavy atom. The van der Waals surface area contributed by atoms with Gasteiger partial charge in [0.15, 0.2) is 37.7 Å². The van der Waals surface area contributed by atoms with E-state index in [2.05, 4.69) is 0 Å². The standard InChI is InChI=1S/C30H50O25/c31-1-8-14(35)21(42)28(49-8)54-23-12(53-26-19(40)13(34)7(33)3-46-26)6-48-30(24(23)55-29-22(43)15(36)9(2-32)50-29)52-11-5-47-27(20(41)17(11)38)51-10-4-45-25(44)18(39)16(10)37/h7-44H,1-6H2/t7-,8-,9-,10-,11-,12-,13+,14-,15-,16+,17+,18-,19-,20-,21+,22+,23+,24-,25-,26+,27+,28-,29-,30+/m1/s1. The van der Waals surface area contributed by atoms with E-state index in [-0.39, 0.29) is 0 Å². The van der Waals surface area contributed by atoms with Gasteiger partial charge < -0.3 is 124 Å². The lowest BCUT2D eigenvalue weighted by atomic mass is 10.0. The van der Waals surface area contributed by atoms with E-state index in [4.69, 9.17) is 52.1 Å². The molecule has 0 aromatic heterocycles. The van der Waals surface area contributed by atoms with E-state index >= 15 is 0 Å². The van der Waals surface area contributed by atoms with Crippen LogP contribution in [-0.2, 0) is 52.1 Å². The molecule has 6 aliphatic heterocycles. The zero-order chi connectivity index (χ0) is 39.9. The van der Waals surface area contributed by atoms with E-state index in [1.807, 2.05) is 0 Å².